The Morgan fingerprint density at radius 2 is 1.83 bits per heavy atom. The molecule has 0 aliphatic carbocycles. The summed E-state index contributed by atoms with van der Waals surface area (Å²) in [4.78, 5) is 44.2. The van der Waals surface area contributed by atoms with Gasteiger partial charge in [-0.1, -0.05) is 11.6 Å². The van der Waals surface area contributed by atoms with Gasteiger partial charge < -0.3 is 20.4 Å². The highest BCUT2D eigenvalue weighted by molar-refractivity contribution is 6.34. The number of rotatable bonds is 3. The van der Waals surface area contributed by atoms with Gasteiger partial charge in [0.1, 0.15) is 12.2 Å². The number of piperazine rings is 1. The number of piperidine rings is 1. The molecule has 2 fully saturated rings. The summed E-state index contributed by atoms with van der Waals surface area (Å²) in [6.45, 7) is 5.25. The fourth-order valence-corrected chi connectivity index (χ4v) is 5.06. The maximum absolute atomic E-state index is 12.9. The van der Waals surface area contributed by atoms with Gasteiger partial charge in [-0.3, -0.25) is 19.3 Å². The number of carbonyl (C=O) groups excluding carboxylic acids is 3. The first kappa shape index (κ1) is 19.8. The number of halogens is 1. The summed E-state index contributed by atoms with van der Waals surface area (Å²) in [5.41, 5.74) is 7.79. The van der Waals surface area contributed by atoms with E-state index in [0.29, 0.717) is 10.7 Å². The van der Waals surface area contributed by atoms with Gasteiger partial charge in [0.05, 0.1) is 35.2 Å². The zero-order valence-electron chi connectivity index (χ0n) is 16.7. The van der Waals surface area contributed by atoms with E-state index in [1.807, 2.05) is 17.0 Å². The maximum atomic E-state index is 12.9. The molecule has 3 aliphatic rings. The number of hydrogen-bond acceptors (Lipinski definition) is 5. The van der Waals surface area contributed by atoms with Crippen molar-refractivity contribution in [1.82, 2.24) is 4.90 Å². The quantitative estimate of drug-likeness (QED) is 0.802. The van der Waals surface area contributed by atoms with Gasteiger partial charge in [-0.05, 0) is 38.3 Å². The maximum Gasteiger partial charge on any atom is 0.245 e. The Bertz CT molecular complexity index is 870. The molecular formula is C20H26ClN5O3. The van der Waals surface area contributed by atoms with Gasteiger partial charge in [0.2, 0.25) is 17.7 Å². The predicted molar refractivity (Wildman–Crippen MR) is 112 cm³/mol. The Labute approximate surface area is 175 Å². The minimum atomic E-state index is -0.570. The molecule has 0 bridgehead atoms. The van der Waals surface area contributed by atoms with E-state index < -0.39 is 11.9 Å². The average molecular weight is 420 g/mol. The van der Waals surface area contributed by atoms with Gasteiger partial charge in [0, 0.05) is 20.0 Å². The third kappa shape index (κ3) is 3.29. The van der Waals surface area contributed by atoms with Crippen LogP contribution in [0.25, 0.3) is 0 Å². The van der Waals surface area contributed by atoms with Crippen molar-refractivity contribution in [3.8, 4) is 0 Å². The molecule has 3 aliphatic heterocycles. The third-order valence-electron chi connectivity index (χ3n) is 6.05. The molecule has 8 nitrogen and oxygen atoms in total. The van der Waals surface area contributed by atoms with Crippen LogP contribution in [0.5, 0.6) is 0 Å². The van der Waals surface area contributed by atoms with Crippen molar-refractivity contribution >= 4 is 46.4 Å². The Morgan fingerprint density at radius 3 is 2.45 bits per heavy atom. The topological polar surface area (TPSA) is 90.2 Å². The lowest BCUT2D eigenvalue weighted by Gasteiger charge is -2.44. The van der Waals surface area contributed by atoms with E-state index in [-0.39, 0.29) is 31.1 Å². The number of nitrogens with two attached hydrogens (primary N) is 1. The Kier molecular flexibility index (Phi) is 5.06. The van der Waals surface area contributed by atoms with Crippen LogP contribution in [0, 0.1) is 0 Å². The zero-order valence-corrected chi connectivity index (χ0v) is 17.5. The molecule has 1 aromatic rings. The minimum Gasteiger partial charge on any atom is -0.370 e. The summed E-state index contributed by atoms with van der Waals surface area (Å²) in [6.07, 6.45) is 3.07. The molecule has 0 radical (unpaired) electrons. The van der Waals surface area contributed by atoms with E-state index >= 15 is 0 Å². The molecule has 2 N–H and O–H groups in total. The van der Waals surface area contributed by atoms with Crippen LogP contribution in [0.4, 0.5) is 17.1 Å². The lowest BCUT2D eigenvalue weighted by Crippen LogP contribution is -2.65. The predicted octanol–water partition coefficient (Wildman–Crippen LogP) is 1.55. The SMILES string of the molecule is CC(=O)N1c2cc(Cl)c(N3CCCCC3)cc2N2[C@@H]1CN(CC(N)=O)C(=O)[C@@H]2C. The van der Waals surface area contributed by atoms with Crippen LogP contribution in [0.1, 0.15) is 33.1 Å². The highest BCUT2D eigenvalue weighted by Gasteiger charge is 2.48. The van der Waals surface area contributed by atoms with E-state index in [4.69, 9.17) is 17.3 Å². The number of nitrogens with zero attached hydrogens (tertiary/aromatic N) is 4. The lowest BCUT2D eigenvalue weighted by atomic mass is 10.1. The molecule has 0 spiro atoms. The molecule has 3 amide bonds. The van der Waals surface area contributed by atoms with E-state index in [2.05, 4.69) is 4.90 Å². The number of benzene rings is 1. The fraction of sp³-hybridized carbons (Fsp3) is 0.550. The highest BCUT2D eigenvalue weighted by Crippen LogP contribution is 2.47. The fourth-order valence-electron chi connectivity index (χ4n) is 4.78. The van der Waals surface area contributed by atoms with E-state index in [9.17, 15) is 14.4 Å². The van der Waals surface area contributed by atoms with Crippen molar-refractivity contribution in [2.75, 3.05) is 40.9 Å². The number of amides is 3. The van der Waals surface area contributed by atoms with Crippen molar-refractivity contribution < 1.29 is 14.4 Å². The summed E-state index contributed by atoms with van der Waals surface area (Å²) in [7, 11) is 0. The molecule has 9 heteroatoms. The Hall–Kier alpha value is -2.48. The van der Waals surface area contributed by atoms with Crippen LogP contribution in [-0.4, -0.2) is 61.0 Å². The summed E-state index contributed by atoms with van der Waals surface area (Å²) < 4.78 is 0. The number of anilines is 3. The lowest BCUT2D eigenvalue weighted by molar-refractivity contribution is -0.138. The van der Waals surface area contributed by atoms with E-state index in [1.165, 1.54) is 18.2 Å². The van der Waals surface area contributed by atoms with Crippen molar-refractivity contribution in [3.63, 3.8) is 0 Å². The molecule has 0 unspecified atom stereocenters. The molecule has 2 saturated heterocycles. The summed E-state index contributed by atoms with van der Waals surface area (Å²) >= 11 is 6.63. The monoisotopic (exact) mass is 419 g/mol. The van der Waals surface area contributed by atoms with Gasteiger partial charge in [-0.2, -0.15) is 0 Å². The number of fused-ring (bicyclic) bond motifs is 3. The summed E-state index contributed by atoms with van der Waals surface area (Å²) in [5.74, 6) is -0.883. The Balaban J connectivity index is 1.77. The van der Waals surface area contributed by atoms with Crippen LogP contribution >= 0.6 is 11.6 Å². The number of carbonyl (C=O) groups is 3. The highest BCUT2D eigenvalue weighted by atomic mass is 35.5. The van der Waals surface area contributed by atoms with Crippen molar-refractivity contribution in [2.24, 2.45) is 5.73 Å². The van der Waals surface area contributed by atoms with Crippen molar-refractivity contribution in [3.05, 3.63) is 17.2 Å². The minimum absolute atomic E-state index is 0.138. The van der Waals surface area contributed by atoms with Crippen LogP contribution in [0.3, 0.4) is 0 Å². The first-order chi connectivity index (χ1) is 13.8. The Morgan fingerprint density at radius 1 is 1.14 bits per heavy atom. The second kappa shape index (κ2) is 7.40. The molecule has 156 valence electrons. The van der Waals surface area contributed by atoms with Crippen molar-refractivity contribution in [1.29, 1.82) is 0 Å². The van der Waals surface area contributed by atoms with Gasteiger partial charge in [-0.15, -0.1) is 0 Å². The van der Waals surface area contributed by atoms with Gasteiger partial charge in [0.25, 0.3) is 0 Å². The van der Waals surface area contributed by atoms with Crippen LogP contribution in [-0.2, 0) is 14.4 Å². The number of primary amides is 1. The molecular weight excluding hydrogens is 394 g/mol. The third-order valence-corrected chi connectivity index (χ3v) is 6.36. The van der Waals surface area contributed by atoms with Gasteiger partial charge >= 0.3 is 0 Å². The molecule has 2 atom stereocenters. The number of hydrogen-bond donors (Lipinski definition) is 1. The first-order valence-electron chi connectivity index (χ1n) is 10.0. The zero-order chi connectivity index (χ0) is 20.9. The average Bonchev–Trinajstić information content (AvgIpc) is 2.98. The molecule has 0 aromatic heterocycles. The smallest absolute Gasteiger partial charge is 0.245 e. The normalized spacial score (nSPS) is 23.9. The largest absolute Gasteiger partial charge is 0.370 e. The van der Waals surface area contributed by atoms with Crippen LogP contribution in [0.15, 0.2) is 12.1 Å². The summed E-state index contributed by atoms with van der Waals surface area (Å²) in [5, 5.41) is 0.602. The molecule has 4 rings (SSSR count). The second-order valence-corrected chi connectivity index (χ2v) is 8.39. The molecule has 29 heavy (non-hydrogen) atoms. The van der Waals surface area contributed by atoms with Crippen LogP contribution < -0.4 is 20.4 Å². The van der Waals surface area contributed by atoms with Crippen molar-refractivity contribution in [2.45, 2.75) is 45.3 Å². The molecule has 0 saturated carbocycles. The first-order valence-corrected chi connectivity index (χ1v) is 10.4. The molecule has 1 aromatic carbocycles. The van der Waals surface area contributed by atoms with Gasteiger partial charge in [0.15, 0.2) is 0 Å². The standard InChI is InChI=1S/C20H26ClN5O3/c1-12-20(29)24(10-18(22)28)11-19-25(12)17-9-15(23-6-4-3-5-7-23)14(21)8-16(17)26(19)13(2)27/h8-9,12,19H,3-7,10-11H2,1-2H3,(H2,22,28)/t12-,19-/m0/s1. The molecule has 3 heterocycles. The second-order valence-electron chi connectivity index (χ2n) is 7.98. The van der Waals surface area contributed by atoms with E-state index in [1.54, 1.807) is 11.8 Å². The summed E-state index contributed by atoms with van der Waals surface area (Å²) in [6, 6.07) is 3.31. The van der Waals surface area contributed by atoms with Crippen LogP contribution in [0.2, 0.25) is 5.02 Å². The van der Waals surface area contributed by atoms with Gasteiger partial charge in [-0.25, -0.2) is 0 Å². The van der Waals surface area contributed by atoms with E-state index in [0.717, 1.165) is 37.3 Å².